The number of hydrogen-bond donors (Lipinski definition) is 0. The van der Waals surface area contributed by atoms with E-state index in [2.05, 4.69) is 18.8 Å². The van der Waals surface area contributed by atoms with E-state index in [-0.39, 0.29) is 11.3 Å². The Morgan fingerprint density at radius 1 is 0.962 bits per heavy atom. The van der Waals surface area contributed by atoms with Gasteiger partial charge in [-0.15, -0.1) is 0 Å². The highest BCUT2D eigenvalue weighted by Gasteiger charge is 2.19. The number of ether oxygens (including phenoxy) is 1. The van der Waals surface area contributed by atoms with Crippen molar-refractivity contribution in [2.45, 2.75) is 78.1 Å². The summed E-state index contributed by atoms with van der Waals surface area (Å²) in [6.45, 7) is 4.30. The average molecular weight is 363 g/mol. The molecule has 1 fully saturated rings. The van der Waals surface area contributed by atoms with Crippen LogP contribution in [0.1, 0.15) is 83.6 Å². The van der Waals surface area contributed by atoms with Crippen molar-refractivity contribution in [3.8, 4) is 17.6 Å². The molecule has 26 heavy (non-hydrogen) atoms. The van der Waals surface area contributed by atoms with Crippen molar-refractivity contribution in [2.24, 2.45) is 11.8 Å². The topological polar surface area (TPSA) is 9.23 Å². The molecule has 3 heteroatoms. The smallest absolute Gasteiger partial charge is 0.201 e. The molecule has 1 aliphatic carbocycles. The van der Waals surface area contributed by atoms with E-state index in [1.165, 1.54) is 63.5 Å². The molecule has 1 aromatic rings. The summed E-state index contributed by atoms with van der Waals surface area (Å²) >= 11 is 0. The molecule has 0 saturated heterocycles. The van der Waals surface area contributed by atoms with Crippen molar-refractivity contribution in [3.05, 3.63) is 29.3 Å². The first kappa shape index (κ1) is 20.7. The molecule has 0 spiro atoms. The molecule has 144 valence electrons. The van der Waals surface area contributed by atoms with Crippen molar-refractivity contribution in [1.82, 2.24) is 0 Å². The summed E-state index contributed by atoms with van der Waals surface area (Å²) in [5, 5.41) is 0. The number of hydrogen-bond acceptors (Lipinski definition) is 1. The third kappa shape index (κ3) is 6.31. The van der Waals surface area contributed by atoms with Gasteiger partial charge in [-0.25, -0.2) is 4.39 Å². The Balaban J connectivity index is 1.80. The minimum absolute atomic E-state index is 0.0463. The fraction of sp³-hybridized carbons (Fsp3) is 0.652. The molecule has 2 rings (SSSR count). The van der Waals surface area contributed by atoms with Gasteiger partial charge in [0.1, 0.15) is 0 Å². The summed E-state index contributed by atoms with van der Waals surface area (Å²) < 4.78 is 33.0. The van der Waals surface area contributed by atoms with Crippen LogP contribution in [-0.2, 0) is 0 Å². The lowest BCUT2D eigenvalue weighted by Crippen LogP contribution is -2.13. The van der Waals surface area contributed by atoms with Gasteiger partial charge in [0.25, 0.3) is 0 Å². The van der Waals surface area contributed by atoms with Crippen LogP contribution in [0.3, 0.4) is 0 Å². The number of rotatable bonds is 8. The normalized spacial score (nSPS) is 19.7. The highest BCUT2D eigenvalue weighted by molar-refractivity contribution is 5.41. The van der Waals surface area contributed by atoms with E-state index in [1.807, 2.05) is 0 Å². The van der Waals surface area contributed by atoms with E-state index in [9.17, 15) is 8.78 Å². The lowest BCUT2D eigenvalue weighted by molar-refractivity contribution is 0.294. The first-order chi connectivity index (χ1) is 12.7. The van der Waals surface area contributed by atoms with Gasteiger partial charge >= 0.3 is 0 Å². The molecule has 1 saturated carbocycles. The van der Waals surface area contributed by atoms with Crippen molar-refractivity contribution in [3.63, 3.8) is 0 Å². The van der Waals surface area contributed by atoms with Crippen molar-refractivity contribution >= 4 is 0 Å². The zero-order valence-electron chi connectivity index (χ0n) is 16.3. The summed E-state index contributed by atoms with van der Waals surface area (Å²) in [5.41, 5.74) is 0.129. The van der Waals surface area contributed by atoms with Crippen LogP contribution in [0, 0.1) is 35.3 Å². The van der Waals surface area contributed by atoms with Gasteiger partial charge in [0.05, 0.1) is 12.2 Å². The Labute approximate surface area is 157 Å². The van der Waals surface area contributed by atoms with E-state index < -0.39 is 11.6 Å². The molecule has 0 unspecified atom stereocenters. The van der Waals surface area contributed by atoms with Crippen LogP contribution < -0.4 is 4.74 Å². The minimum atomic E-state index is -0.939. The van der Waals surface area contributed by atoms with Crippen LogP contribution in [0.5, 0.6) is 5.75 Å². The van der Waals surface area contributed by atoms with Gasteiger partial charge in [-0.05, 0) is 50.7 Å². The molecular formula is C23H32F2O. The maximum absolute atomic E-state index is 14.1. The SMILES string of the molecule is CCCCCCC[C@H]1CC[C@H](C#Cc2ccc(OCC)c(F)c2F)CC1. The number of unbranched alkanes of at least 4 members (excludes halogenated alkanes) is 4. The van der Waals surface area contributed by atoms with Crippen LogP contribution in [-0.4, -0.2) is 6.61 Å². The molecule has 1 nitrogen and oxygen atoms in total. The standard InChI is InChI=1S/C23H32F2O/c1-3-5-6-7-8-9-18-10-12-19(13-11-18)14-15-20-16-17-21(26-4-2)23(25)22(20)24/h16-19H,3-13H2,1-2H3/t18-,19-. The van der Waals surface area contributed by atoms with E-state index in [1.54, 1.807) is 6.92 Å². The largest absolute Gasteiger partial charge is 0.491 e. The van der Waals surface area contributed by atoms with Gasteiger partial charge in [-0.1, -0.05) is 57.3 Å². The Morgan fingerprint density at radius 2 is 1.69 bits per heavy atom. The first-order valence-corrected chi connectivity index (χ1v) is 10.3. The van der Waals surface area contributed by atoms with Gasteiger partial charge in [-0.2, -0.15) is 4.39 Å². The molecule has 1 aromatic carbocycles. The lowest BCUT2D eigenvalue weighted by Gasteiger charge is -2.25. The Bertz CT molecular complexity index is 607. The summed E-state index contributed by atoms with van der Waals surface area (Å²) in [7, 11) is 0. The number of benzene rings is 1. The predicted molar refractivity (Wildman–Crippen MR) is 103 cm³/mol. The van der Waals surface area contributed by atoms with E-state index in [0.717, 1.165) is 18.8 Å². The van der Waals surface area contributed by atoms with E-state index in [0.29, 0.717) is 12.5 Å². The maximum Gasteiger partial charge on any atom is 0.201 e. The Morgan fingerprint density at radius 3 is 2.38 bits per heavy atom. The van der Waals surface area contributed by atoms with Crippen LogP contribution >= 0.6 is 0 Å². The van der Waals surface area contributed by atoms with Gasteiger partial charge in [-0.3, -0.25) is 0 Å². The number of halogens is 2. The van der Waals surface area contributed by atoms with Crippen LogP contribution in [0.25, 0.3) is 0 Å². The minimum Gasteiger partial charge on any atom is -0.491 e. The van der Waals surface area contributed by atoms with Gasteiger partial charge in [0.15, 0.2) is 11.6 Å². The van der Waals surface area contributed by atoms with Gasteiger partial charge < -0.3 is 4.74 Å². The van der Waals surface area contributed by atoms with Crippen molar-refractivity contribution in [2.75, 3.05) is 6.61 Å². The van der Waals surface area contributed by atoms with Gasteiger partial charge in [0.2, 0.25) is 5.82 Å². The Kier molecular flexibility index (Phi) is 8.95. The molecule has 0 radical (unpaired) electrons. The highest BCUT2D eigenvalue weighted by atomic mass is 19.2. The second-order valence-electron chi connectivity index (χ2n) is 7.36. The molecule has 0 N–H and O–H groups in total. The molecule has 0 amide bonds. The average Bonchev–Trinajstić information content (AvgIpc) is 2.66. The van der Waals surface area contributed by atoms with Crippen LogP contribution in [0.15, 0.2) is 12.1 Å². The second-order valence-corrected chi connectivity index (χ2v) is 7.36. The van der Waals surface area contributed by atoms with Crippen LogP contribution in [0.2, 0.25) is 0 Å². The summed E-state index contributed by atoms with van der Waals surface area (Å²) in [4.78, 5) is 0. The van der Waals surface area contributed by atoms with Gasteiger partial charge in [0, 0.05) is 5.92 Å². The van der Waals surface area contributed by atoms with Crippen molar-refractivity contribution < 1.29 is 13.5 Å². The quantitative estimate of drug-likeness (QED) is 0.362. The molecule has 0 aliphatic heterocycles. The lowest BCUT2D eigenvalue weighted by atomic mass is 9.80. The summed E-state index contributed by atoms with van der Waals surface area (Å²) in [6.07, 6.45) is 12.6. The van der Waals surface area contributed by atoms with E-state index in [4.69, 9.17) is 4.74 Å². The molecule has 0 atom stereocenters. The van der Waals surface area contributed by atoms with Crippen LogP contribution in [0.4, 0.5) is 8.78 Å². The molecule has 0 bridgehead atoms. The third-order valence-corrected chi connectivity index (χ3v) is 5.32. The highest BCUT2D eigenvalue weighted by Crippen LogP contribution is 2.32. The summed E-state index contributed by atoms with van der Waals surface area (Å²) in [5.74, 6) is 5.27. The molecule has 0 heterocycles. The zero-order chi connectivity index (χ0) is 18.8. The fourth-order valence-corrected chi connectivity index (χ4v) is 3.71. The summed E-state index contributed by atoms with van der Waals surface area (Å²) in [6, 6.07) is 2.97. The third-order valence-electron chi connectivity index (χ3n) is 5.32. The molecule has 0 aromatic heterocycles. The van der Waals surface area contributed by atoms with E-state index >= 15 is 0 Å². The Hall–Kier alpha value is -1.56. The monoisotopic (exact) mass is 362 g/mol. The molecular weight excluding hydrogens is 330 g/mol. The maximum atomic E-state index is 14.1. The molecule has 1 aliphatic rings. The van der Waals surface area contributed by atoms with Crippen molar-refractivity contribution in [1.29, 1.82) is 0 Å². The fourth-order valence-electron chi connectivity index (χ4n) is 3.71. The first-order valence-electron chi connectivity index (χ1n) is 10.3. The predicted octanol–water partition coefficient (Wildman–Crippen LogP) is 6.88. The second kappa shape index (κ2) is 11.2. The zero-order valence-corrected chi connectivity index (χ0v) is 16.3.